The van der Waals surface area contributed by atoms with Crippen LogP contribution in [0.25, 0.3) is 11.4 Å². The van der Waals surface area contributed by atoms with Crippen molar-refractivity contribution in [3.63, 3.8) is 0 Å². The second-order valence-electron chi connectivity index (χ2n) is 9.26. The van der Waals surface area contributed by atoms with Gasteiger partial charge in [-0.15, -0.1) is 0 Å². The van der Waals surface area contributed by atoms with Gasteiger partial charge in [0.05, 0.1) is 5.41 Å². The zero-order valence-corrected chi connectivity index (χ0v) is 20.2. The molecule has 4 aromatic rings. The van der Waals surface area contributed by atoms with Crippen molar-refractivity contribution in [1.29, 1.82) is 0 Å². The molecule has 1 atom stereocenters. The Hall–Kier alpha value is -3.85. The van der Waals surface area contributed by atoms with Gasteiger partial charge in [-0.3, -0.25) is 20.2 Å². The molecule has 3 aliphatic carbocycles. The summed E-state index contributed by atoms with van der Waals surface area (Å²) < 4.78 is 0.828. The van der Waals surface area contributed by atoms with Gasteiger partial charge in [0.15, 0.2) is 5.82 Å². The highest BCUT2D eigenvalue weighted by molar-refractivity contribution is 9.10. The van der Waals surface area contributed by atoms with Gasteiger partial charge in [0.25, 0.3) is 5.54 Å². The minimum absolute atomic E-state index is 0.0444. The summed E-state index contributed by atoms with van der Waals surface area (Å²) in [6.45, 7) is 1.81. The first-order valence-corrected chi connectivity index (χ1v) is 12.0. The molecular weight excluding hydrogens is 510 g/mol. The molecule has 0 saturated carbocycles. The number of hydrogen-bond acceptors (Lipinski definition) is 5. The van der Waals surface area contributed by atoms with Crippen LogP contribution in [0.3, 0.4) is 0 Å². The molecule has 2 N–H and O–H groups in total. The maximum Gasteiger partial charge on any atom is 0.273 e. The number of H-pyrrole nitrogens is 1. The fourth-order valence-electron chi connectivity index (χ4n) is 5.88. The zero-order valence-electron chi connectivity index (χ0n) is 18.7. The van der Waals surface area contributed by atoms with E-state index < -0.39 is 11.0 Å². The molecular formula is C26H20BrN5O3. The van der Waals surface area contributed by atoms with Crippen molar-refractivity contribution in [3.05, 3.63) is 110 Å². The fourth-order valence-corrected chi connectivity index (χ4v) is 6.34. The summed E-state index contributed by atoms with van der Waals surface area (Å²) in [4.78, 5) is 30.8. The number of aromatic amines is 1. The van der Waals surface area contributed by atoms with Gasteiger partial charge >= 0.3 is 0 Å². The van der Waals surface area contributed by atoms with Crippen LogP contribution in [0, 0.1) is 15.5 Å². The Balaban J connectivity index is 1.43. The zero-order chi connectivity index (χ0) is 24.4. The molecule has 1 unspecified atom stereocenters. The molecule has 3 aromatic carbocycles. The van der Waals surface area contributed by atoms with Crippen LogP contribution in [-0.2, 0) is 10.3 Å². The number of halogens is 1. The molecule has 35 heavy (non-hydrogen) atoms. The van der Waals surface area contributed by atoms with Crippen molar-refractivity contribution < 1.29 is 9.72 Å². The summed E-state index contributed by atoms with van der Waals surface area (Å²) in [6, 6.07) is 22.3. The maximum atomic E-state index is 13.8. The van der Waals surface area contributed by atoms with Crippen LogP contribution in [0.5, 0.6) is 0 Å². The summed E-state index contributed by atoms with van der Waals surface area (Å²) in [5.74, 6) is -0.0457. The number of carbonyl (C=O) groups excluding carboxylic acids is 1. The van der Waals surface area contributed by atoms with E-state index in [0.29, 0.717) is 17.0 Å². The molecule has 1 aromatic heterocycles. The van der Waals surface area contributed by atoms with Crippen molar-refractivity contribution >= 4 is 27.8 Å². The molecule has 1 heterocycles. The first-order valence-electron chi connectivity index (χ1n) is 11.2. The van der Waals surface area contributed by atoms with Crippen LogP contribution in [0.2, 0.25) is 0 Å². The highest BCUT2D eigenvalue weighted by Gasteiger charge is 2.67. The van der Waals surface area contributed by atoms with E-state index >= 15 is 0 Å². The lowest BCUT2D eigenvalue weighted by Crippen LogP contribution is -2.57. The van der Waals surface area contributed by atoms with Crippen LogP contribution in [0.1, 0.15) is 41.5 Å². The number of fused-ring (bicyclic) bond motifs is 1. The highest BCUT2D eigenvalue weighted by atomic mass is 79.9. The predicted molar refractivity (Wildman–Crippen MR) is 133 cm³/mol. The van der Waals surface area contributed by atoms with Gasteiger partial charge < -0.3 is 0 Å². The Morgan fingerprint density at radius 2 is 1.66 bits per heavy atom. The third-order valence-corrected chi connectivity index (χ3v) is 8.05. The van der Waals surface area contributed by atoms with Crippen LogP contribution in [-0.4, -0.2) is 26.0 Å². The Morgan fingerprint density at radius 1 is 1.06 bits per heavy atom. The highest BCUT2D eigenvalue weighted by Crippen LogP contribution is 2.63. The lowest BCUT2D eigenvalue weighted by Gasteiger charge is -2.52. The fraction of sp³-hybridized carbons (Fsp3) is 0.192. The number of rotatable bonds is 4. The van der Waals surface area contributed by atoms with Gasteiger partial charge in [-0.25, -0.2) is 5.10 Å². The number of benzene rings is 3. The summed E-state index contributed by atoms with van der Waals surface area (Å²) in [5.41, 5.74) is 1.15. The Morgan fingerprint density at radius 3 is 2.29 bits per heavy atom. The SMILES string of the molecule is CC1(C(=O)Nc2nc(-c3ccccc3Br)n[nH]2)CC2([N+](=O)[O-])c3ccccc3C1c1ccccc12. The van der Waals surface area contributed by atoms with Gasteiger partial charge in [-0.05, 0) is 30.2 Å². The summed E-state index contributed by atoms with van der Waals surface area (Å²) >= 11 is 3.49. The molecule has 9 heteroatoms. The number of hydrogen-bond donors (Lipinski definition) is 2. The van der Waals surface area contributed by atoms with E-state index in [1.165, 1.54) is 0 Å². The average molecular weight is 530 g/mol. The smallest absolute Gasteiger partial charge is 0.273 e. The second-order valence-corrected chi connectivity index (χ2v) is 10.1. The van der Waals surface area contributed by atoms with Crippen molar-refractivity contribution in [1.82, 2.24) is 15.2 Å². The van der Waals surface area contributed by atoms with E-state index in [-0.39, 0.29) is 29.1 Å². The lowest BCUT2D eigenvalue weighted by molar-refractivity contribution is -0.573. The molecule has 1 amide bonds. The van der Waals surface area contributed by atoms with Gasteiger partial charge in [-0.2, -0.15) is 10.1 Å². The topological polar surface area (TPSA) is 114 Å². The van der Waals surface area contributed by atoms with E-state index in [2.05, 4.69) is 36.4 Å². The number of aromatic nitrogens is 3. The summed E-state index contributed by atoms with van der Waals surface area (Å²) in [5, 5.41) is 22.6. The van der Waals surface area contributed by atoms with Crippen molar-refractivity contribution in [3.8, 4) is 11.4 Å². The monoisotopic (exact) mass is 529 g/mol. The van der Waals surface area contributed by atoms with Gasteiger partial charge in [0.2, 0.25) is 11.9 Å². The summed E-state index contributed by atoms with van der Waals surface area (Å²) in [7, 11) is 0. The minimum Gasteiger partial charge on any atom is -0.294 e. The van der Waals surface area contributed by atoms with Crippen LogP contribution < -0.4 is 5.32 Å². The standard InChI is InChI=1S/C26H20BrN5O3/c1-25(23(33)29-24-28-22(30-31-24)17-10-4-7-13-20(17)27)14-26(32(34)35)18-11-5-2-8-15(18)21(25)16-9-3-6-12-19(16)26/h2-13,21H,14H2,1H3,(H2,28,29,30,31,33). The molecule has 8 nitrogen and oxygen atoms in total. The van der Waals surface area contributed by atoms with E-state index in [0.717, 1.165) is 21.2 Å². The van der Waals surface area contributed by atoms with E-state index in [9.17, 15) is 14.9 Å². The van der Waals surface area contributed by atoms with Crippen LogP contribution in [0.15, 0.2) is 77.3 Å². The maximum absolute atomic E-state index is 13.8. The van der Waals surface area contributed by atoms with Crippen LogP contribution in [0.4, 0.5) is 5.95 Å². The Kier molecular flexibility index (Phi) is 4.69. The first kappa shape index (κ1) is 21.7. The normalized spacial score (nSPS) is 23.9. The number of amides is 1. The quantitative estimate of drug-likeness (QED) is 0.277. The van der Waals surface area contributed by atoms with Crippen LogP contribution >= 0.6 is 15.9 Å². The number of carbonyl (C=O) groups is 1. The van der Waals surface area contributed by atoms with E-state index in [1.807, 2.05) is 79.7 Å². The Bertz CT molecular complexity index is 1470. The van der Waals surface area contributed by atoms with Crippen molar-refractivity contribution in [2.75, 3.05) is 5.32 Å². The molecule has 0 fully saturated rings. The predicted octanol–water partition coefficient (Wildman–Crippen LogP) is 5.25. The van der Waals surface area contributed by atoms with Gasteiger partial charge in [-0.1, -0.05) is 76.6 Å². The van der Waals surface area contributed by atoms with E-state index in [1.54, 1.807) is 0 Å². The third-order valence-electron chi connectivity index (χ3n) is 7.36. The minimum atomic E-state index is -1.50. The van der Waals surface area contributed by atoms with Crippen molar-refractivity contribution in [2.24, 2.45) is 5.41 Å². The first-order chi connectivity index (χ1) is 16.9. The van der Waals surface area contributed by atoms with E-state index in [4.69, 9.17) is 0 Å². The molecule has 0 aliphatic heterocycles. The molecule has 0 radical (unpaired) electrons. The number of nitrogens with one attached hydrogen (secondary N) is 2. The van der Waals surface area contributed by atoms with Gasteiger partial charge in [0, 0.05) is 38.4 Å². The van der Waals surface area contributed by atoms with Gasteiger partial charge in [0.1, 0.15) is 0 Å². The average Bonchev–Trinajstić information content (AvgIpc) is 3.32. The second kappa shape index (κ2) is 7.58. The number of nitro groups is 1. The molecule has 0 saturated heterocycles. The molecule has 3 aliphatic rings. The number of nitrogens with zero attached hydrogens (tertiary/aromatic N) is 3. The molecule has 2 bridgehead atoms. The van der Waals surface area contributed by atoms with Crippen molar-refractivity contribution in [2.45, 2.75) is 24.8 Å². The summed E-state index contributed by atoms with van der Waals surface area (Å²) in [6.07, 6.45) is 0.0444. The molecule has 7 rings (SSSR count). The molecule has 0 spiro atoms. The number of anilines is 1. The largest absolute Gasteiger partial charge is 0.294 e. The lowest BCUT2D eigenvalue weighted by atomic mass is 9.49. The molecule has 174 valence electrons. The Labute approximate surface area is 209 Å². The third kappa shape index (κ3) is 2.94.